The zero-order valence-electron chi connectivity index (χ0n) is 9.72. The summed E-state index contributed by atoms with van der Waals surface area (Å²) < 4.78 is 42.4. The normalized spacial score (nSPS) is 11.6. The monoisotopic (exact) mass is 283 g/mol. The van der Waals surface area contributed by atoms with Crippen LogP contribution >= 0.6 is 11.6 Å². The van der Waals surface area contributed by atoms with Crippen molar-refractivity contribution in [1.82, 2.24) is 9.97 Å². The first-order chi connectivity index (χ1) is 8.43. The number of hydrogen-bond donors (Lipinski definition) is 1. The largest absolute Gasteiger partial charge is 0.433 e. The van der Waals surface area contributed by atoms with E-state index in [-0.39, 0.29) is 5.82 Å². The van der Waals surface area contributed by atoms with Crippen LogP contribution in [0.3, 0.4) is 0 Å². The maximum atomic E-state index is 12.4. The highest BCUT2D eigenvalue weighted by molar-refractivity contribution is 6.28. The average molecular weight is 284 g/mol. The van der Waals surface area contributed by atoms with Gasteiger partial charge in [0.1, 0.15) is 5.82 Å². The molecular formula is C10H13ClF3N3O. The van der Waals surface area contributed by atoms with Crippen molar-refractivity contribution in [3.05, 3.63) is 17.0 Å². The number of hydrogen-bond acceptors (Lipinski definition) is 4. The third-order valence-corrected chi connectivity index (χ3v) is 2.13. The number of halogens is 4. The van der Waals surface area contributed by atoms with E-state index in [2.05, 4.69) is 15.3 Å². The summed E-state index contributed by atoms with van der Waals surface area (Å²) in [6.45, 7) is 3.46. The Labute approximate surface area is 108 Å². The number of aromatic nitrogens is 2. The van der Waals surface area contributed by atoms with E-state index >= 15 is 0 Å². The van der Waals surface area contributed by atoms with E-state index in [1.165, 1.54) is 0 Å². The predicted molar refractivity (Wildman–Crippen MR) is 61.6 cm³/mol. The topological polar surface area (TPSA) is 47.0 Å². The van der Waals surface area contributed by atoms with E-state index in [9.17, 15) is 13.2 Å². The van der Waals surface area contributed by atoms with Crippen LogP contribution in [-0.4, -0.2) is 29.7 Å². The number of nitrogens with zero attached hydrogens (tertiary/aromatic N) is 2. The lowest BCUT2D eigenvalue weighted by atomic mass is 10.3. The molecule has 102 valence electrons. The van der Waals surface area contributed by atoms with Gasteiger partial charge < -0.3 is 10.1 Å². The van der Waals surface area contributed by atoms with Gasteiger partial charge in [0.2, 0.25) is 5.28 Å². The molecule has 1 aromatic heterocycles. The molecular weight excluding hydrogens is 271 g/mol. The van der Waals surface area contributed by atoms with Gasteiger partial charge in [-0.05, 0) is 24.9 Å². The van der Waals surface area contributed by atoms with Gasteiger partial charge in [-0.1, -0.05) is 0 Å². The summed E-state index contributed by atoms with van der Waals surface area (Å²) in [7, 11) is 0. The zero-order valence-corrected chi connectivity index (χ0v) is 10.5. The van der Waals surface area contributed by atoms with E-state index in [1.54, 1.807) is 0 Å². The van der Waals surface area contributed by atoms with Crippen LogP contribution in [0.2, 0.25) is 5.28 Å². The Morgan fingerprint density at radius 1 is 1.39 bits per heavy atom. The molecule has 4 nitrogen and oxygen atoms in total. The molecule has 0 spiro atoms. The lowest BCUT2D eigenvalue weighted by molar-refractivity contribution is -0.141. The number of alkyl halides is 3. The molecule has 1 aromatic rings. The molecule has 0 aliphatic carbocycles. The molecule has 0 aliphatic heterocycles. The van der Waals surface area contributed by atoms with E-state index in [0.29, 0.717) is 26.2 Å². The Bertz CT molecular complexity index is 387. The van der Waals surface area contributed by atoms with Gasteiger partial charge in [-0.25, -0.2) is 9.97 Å². The van der Waals surface area contributed by atoms with Gasteiger partial charge in [-0.15, -0.1) is 0 Å². The SMILES string of the molecule is CCOCCCNc1cc(C(F)(F)F)nc(Cl)n1. The standard InChI is InChI=1S/C10H13ClF3N3O/c1-2-18-5-3-4-15-8-6-7(10(12,13)14)16-9(11)17-8/h6H,2-5H2,1H3,(H,15,16,17). The van der Waals surface area contributed by atoms with Crippen LogP contribution in [0.15, 0.2) is 6.07 Å². The van der Waals surface area contributed by atoms with Crippen LogP contribution < -0.4 is 5.32 Å². The van der Waals surface area contributed by atoms with E-state index in [0.717, 1.165) is 6.07 Å². The van der Waals surface area contributed by atoms with Crippen LogP contribution in [0, 0.1) is 0 Å². The van der Waals surface area contributed by atoms with Gasteiger partial charge in [-0.2, -0.15) is 13.2 Å². The molecule has 0 aliphatic rings. The van der Waals surface area contributed by atoms with Crippen LogP contribution in [-0.2, 0) is 10.9 Å². The second-order valence-corrected chi connectivity index (χ2v) is 3.72. The number of rotatable bonds is 6. The first-order valence-corrected chi connectivity index (χ1v) is 5.74. The second-order valence-electron chi connectivity index (χ2n) is 3.38. The molecule has 1 heterocycles. The molecule has 8 heteroatoms. The quantitative estimate of drug-likeness (QED) is 0.644. The molecule has 0 atom stereocenters. The molecule has 0 saturated carbocycles. The molecule has 0 amide bonds. The fourth-order valence-corrected chi connectivity index (χ4v) is 1.37. The number of nitrogens with one attached hydrogen (secondary N) is 1. The van der Waals surface area contributed by atoms with E-state index in [1.807, 2.05) is 6.92 Å². The van der Waals surface area contributed by atoms with Crippen molar-refractivity contribution in [3.8, 4) is 0 Å². The molecule has 0 saturated heterocycles. The highest BCUT2D eigenvalue weighted by Crippen LogP contribution is 2.29. The first kappa shape index (κ1) is 15.0. The Kier molecular flexibility index (Phi) is 5.61. The summed E-state index contributed by atoms with van der Waals surface area (Å²) in [5.74, 6) is 0.0545. The van der Waals surface area contributed by atoms with Gasteiger partial charge >= 0.3 is 6.18 Å². The van der Waals surface area contributed by atoms with Gasteiger partial charge in [0.25, 0.3) is 0 Å². The van der Waals surface area contributed by atoms with Gasteiger partial charge in [0.15, 0.2) is 5.69 Å². The minimum absolute atomic E-state index is 0.0545. The van der Waals surface area contributed by atoms with Crippen molar-refractivity contribution >= 4 is 17.4 Å². The summed E-state index contributed by atoms with van der Waals surface area (Å²) in [5.41, 5.74) is -1.06. The molecule has 0 bridgehead atoms. The molecule has 0 unspecified atom stereocenters. The molecule has 1 N–H and O–H groups in total. The molecule has 0 fully saturated rings. The Morgan fingerprint density at radius 2 is 2.11 bits per heavy atom. The Hall–Kier alpha value is -1.08. The first-order valence-electron chi connectivity index (χ1n) is 5.37. The minimum atomic E-state index is -4.53. The van der Waals surface area contributed by atoms with Crippen molar-refractivity contribution < 1.29 is 17.9 Å². The smallest absolute Gasteiger partial charge is 0.382 e. The maximum Gasteiger partial charge on any atom is 0.433 e. The summed E-state index contributed by atoms with van der Waals surface area (Å²) in [4.78, 5) is 6.79. The Morgan fingerprint density at radius 3 is 2.72 bits per heavy atom. The Balaban J connectivity index is 2.58. The molecule has 18 heavy (non-hydrogen) atoms. The van der Waals surface area contributed by atoms with Crippen molar-refractivity contribution in [3.63, 3.8) is 0 Å². The third-order valence-electron chi connectivity index (χ3n) is 1.96. The fraction of sp³-hybridized carbons (Fsp3) is 0.600. The summed E-state index contributed by atoms with van der Waals surface area (Å²) in [6.07, 6.45) is -3.87. The lowest BCUT2D eigenvalue weighted by Gasteiger charge is -2.09. The lowest BCUT2D eigenvalue weighted by Crippen LogP contribution is -2.12. The summed E-state index contributed by atoms with van der Waals surface area (Å²) >= 11 is 5.43. The van der Waals surface area contributed by atoms with Gasteiger partial charge in [0, 0.05) is 25.8 Å². The van der Waals surface area contributed by atoms with Crippen molar-refractivity contribution in [1.29, 1.82) is 0 Å². The fourth-order valence-electron chi connectivity index (χ4n) is 1.19. The van der Waals surface area contributed by atoms with Crippen molar-refractivity contribution in [2.24, 2.45) is 0 Å². The molecule has 1 rings (SSSR count). The van der Waals surface area contributed by atoms with E-state index < -0.39 is 17.2 Å². The summed E-state index contributed by atoms with van der Waals surface area (Å²) in [6, 6.07) is 0.826. The number of anilines is 1. The minimum Gasteiger partial charge on any atom is -0.382 e. The second kappa shape index (κ2) is 6.75. The van der Waals surface area contributed by atoms with Crippen molar-refractivity contribution in [2.75, 3.05) is 25.1 Å². The highest BCUT2D eigenvalue weighted by Gasteiger charge is 2.33. The average Bonchev–Trinajstić information content (AvgIpc) is 2.27. The van der Waals surface area contributed by atoms with Crippen LogP contribution in [0.4, 0.5) is 19.0 Å². The number of ether oxygens (including phenoxy) is 1. The van der Waals surface area contributed by atoms with Crippen LogP contribution in [0.5, 0.6) is 0 Å². The van der Waals surface area contributed by atoms with Gasteiger partial charge in [0.05, 0.1) is 0 Å². The predicted octanol–water partition coefficient (Wildman–Crippen LogP) is 2.99. The van der Waals surface area contributed by atoms with E-state index in [4.69, 9.17) is 16.3 Å². The zero-order chi connectivity index (χ0) is 13.6. The maximum absolute atomic E-state index is 12.4. The summed E-state index contributed by atoms with van der Waals surface area (Å²) in [5, 5.41) is 2.31. The molecule has 0 radical (unpaired) electrons. The van der Waals surface area contributed by atoms with Gasteiger partial charge in [-0.3, -0.25) is 0 Å². The third kappa shape index (κ3) is 5.05. The van der Waals surface area contributed by atoms with Crippen LogP contribution in [0.1, 0.15) is 19.0 Å². The van der Waals surface area contributed by atoms with Crippen molar-refractivity contribution in [2.45, 2.75) is 19.5 Å². The van der Waals surface area contributed by atoms with Crippen LogP contribution in [0.25, 0.3) is 0 Å². The molecule has 0 aromatic carbocycles. The highest BCUT2D eigenvalue weighted by atomic mass is 35.5.